The number of hydrogen-bond acceptors (Lipinski definition) is 3. The summed E-state index contributed by atoms with van der Waals surface area (Å²) in [5, 5.41) is 0. The van der Waals surface area contributed by atoms with E-state index in [-0.39, 0.29) is 17.3 Å². The van der Waals surface area contributed by atoms with Crippen LogP contribution >= 0.6 is 0 Å². The van der Waals surface area contributed by atoms with Gasteiger partial charge in [-0.1, -0.05) is 0 Å². The molecule has 0 N–H and O–H groups in total. The van der Waals surface area contributed by atoms with Gasteiger partial charge < -0.3 is 4.74 Å². The lowest BCUT2D eigenvalue weighted by Gasteiger charge is -2.50. The van der Waals surface area contributed by atoms with Crippen molar-refractivity contribution in [3.05, 3.63) is 35.4 Å². The van der Waals surface area contributed by atoms with Gasteiger partial charge in [0.15, 0.2) is 5.78 Å². The predicted molar refractivity (Wildman–Crippen MR) is 75.3 cm³/mol. The van der Waals surface area contributed by atoms with Crippen LogP contribution in [-0.4, -0.2) is 18.9 Å². The van der Waals surface area contributed by atoms with Gasteiger partial charge in [-0.25, -0.2) is 8.78 Å². The molecule has 118 valence electrons. The van der Waals surface area contributed by atoms with Crippen LogP contribution in [0.15, 0.2) is 18.2 Å². The number of rotatable bonds is 3. The molecule has 4 rings (SSSR count). The van der Waals surface area contributed by atoms with Gasteiger partial charge >= 0.3 is 5.97 Å². The van der Waals surface area contributed by atoms with Gasteiger partial charge in [0.25, 0.3) is 0 Å². The van der Waals surface area contributed by atoms with Crippen LogP contribution in [0, 0.1) is 22.5 Å². The number of carbonyl (C=O) groups is 2. The molecule has 2 bridgehead atoms. The van der Waals surface area contributed by atoms with E-state index in [1.807, 2.05) is 0 Å². The van der Waals surface area contributed by atoms with Gasteiger partial charge in [-0.05, 0) is 50.7 Å². The van der Waals surface area contributed by atoms with Crippen molar-refractivity contribution in [2.45, 2.75) is 38.5 Å². The summed E-state index contributed by atoms with van der Waals surface area (Å²) in [6.07, 6.45) is 3.51. The maximum absolute atomic E-state index is 13.4. The van der Waals surface area contributed by atoms with Crippen molar-refractivity contribution >= 4 is 11.8 Å². The minimum Gasteiger partial charge on any atom is -0.469 e. The molecule has 0 amide bonds. The van der Waals surface area contributed by atoms with Crippen LogP contribution in [0.3, 0.4) is 0 Å². The second-order valence-electron chi connectivity index (χ2n) is 6.54. The first-order chi connectivity index (χ1) is 10.4. The maximum atomic E-state index is 13.4. The largest absolute Gasteiger partial charge is 0.469 e. The molecule has 3 nitrogen and oxygen atoms in total. The molecular weight excluding hydrogens is 290 g/mol. The van der Waals surface area contributed by atoms with Crippen molar-refractivity contribution in [2.24, 2.45) is 10.8 Å². The number of carbonyl (C=O) groups excluding carboxylic acids is 2. The average Bonchev–Trinajstić information content (AvgIpc) is 2.54. The number of ether oxygens (including phenoxy) is 1. The number of fused-ring (bicyclic) bond motifs is 3. The Morgan fingerprint density at radius 2 is 1.36 bits per heavy atom. The Morgan fingerprint density at radius 3 is 1.82 bits per heavy atom. The molecule has 1 aromatic carbocycles. The number of esters is 1. The molecule has 0 spiro atoms. The fourth-order valence-electron chi connectivity index (χ4n) is 4.04. The first-order valence-corrected chi connectivity index (χ1v) is 7.50. The summed E-state index contributed by atoms with van der Waals surface area (Å²) in [6.45, 7) is 0. The molecule has 5 heteroatoms. The number of benzene rings is 1. The molecule has 0 aliphatic heterocycles. The van der Waals surface area contributed by atoms with Crippen LogP contribution < -0.4 is 0 Å². The monoisotopic (exact) mass is 308 g/mol. The summed E-state index contributed by atoms with van der Waals surface area (Å²) in [4.78, 5) is 24.7. The maximum Gasteiger partial charge on any atom is 0.311 e. The summed E-state index contributed by atoms with van der Waals surface area (Å²) in [7, 11) is 1.38. The van der Waals surface area contributed by atoms with Crippen molar-refractivity contribution in [2.75, 3.05) is 7.11 Å². The van der Waals surface area contributed by atoms with Crippen LogP contribution in [-0.2, 0) is 9.53 Å². The zero-order valence-electron chi connectivity index (χ0n) is 12.5. The van der Waals surface area contributed by atoms with Gasteiger partial charge in [-0.15, -0.1) is 0 Å². The Morgan fingerprint density at radius 1 is 0.909 bits per heavy atom. The van der Waals surface area contributed by atoms with Crippen molar-refractivity contribution < 1.29 is 23.1 Å². The minimum atomic E-state index is -0.740. The molecule has 0 saturated heterocycles. The van der Waals surface area contributed by atoms with Crippen molar-refractivity contribution in [1.29, 1.82) is 0 Å². The summed E-state index contributed by atoms with van der Waals surface area (Å²) in [5.41, 5.74) is -0.968. The zero-order valence-corrected chi connectivity index (χ0v) is 12.5. The normalized spacial score (nSPS) is 30.1. The van der Waals surface area contributed by atoms with E-state index in [1.165, 1.54) is 7.11 Å². The highest BCUT2D eigenvalue weighted by molar-refractivity contribution is 6.01. The summed E-state index contributed by atoms with van der Waals surface area (Å²) < 4.78 is 31.6. The first kappa shape index (κ1) is 15.1. The minimum absolute atomic E-state index is 0.0879. The van der Waals surface area contributed by atoms with Crippen molar-refractivity contribution in [3.63, 3.8) is 0 Å². The molecule has 3 aliphatic carbocycles. The highest BCUT2D eigenvalue weighted by Crippen LogP contribution is 2.58. The molecule has 0 unspecified atom stereocenters. The second-order valence-corrected chi connectivity index (χ2v) is 6.54. The Kier molecular flexibility index (Phi) is 3.54. The smallest absolute Gasteiger partial charge is 0.311 e. The Hall–Kier alpha value is -1.78. The third kappa shape index (κ3) is 2.23. The molecule has 3 saturated carbocycles. The van der Waals surface area contributed by atoms with E-state index in [1.54, 1.807) is 0 Å². The quantitative estimate of drug-likeness (QED) is 0.632. The van der Waals surface area contributed by atoms with E-state index < -0.39 is 22.5 Å². The SMILES string of the molecule is COC(=O)C12CCC(C(=O)c3cc(F)cc(F)c3)(CC1)CC2. The lowest BCUT2D eigenvalue weighted by molar-refractivity contribution is -0.161. The molecule has 3 aliphatic rings. The van der Waals surface area contributed by atoms with Gasteiger partial charge in [0.2, 0.25) is 0 Å². The molecular formula is C17H18F2O3. The van der Waals surface area contributed by atoms with Gasteiger partial charge in [0, 0.05) is 17.0 Å². The van der Waals surface area contributed by atoms with Gasteiger partial charge in [-0.2, -0.15) is 0 Å². The topological polar surface area (TPSA) is 43.4 Å². The summed E-state index contributed by atoms with van der Waals surface area (Å²) in [6, 6.07) is 2.95. The first-order valence-electron chi connectivity index (χ1n) is 7.50. The molecule has 3 fully saturated rings. The van der Waals surface area contributed by atoms with E-state index in [2.05, 4.69) is 0 Å². The molecule has 0 heterocycles. The highest BCUT2D eigenvalue weighted by atomic mass is 19.1. The molecule has 22 heavy (non-hydrogen) atoms. The van der Waals surface area contributed by atoms with Crippen LogP contribution in [0.2, 0.25) is 0 Å². The summed E-state index contributed by atoms with van der Waals surface area (Å²) in [5.74, 6) is -1.89. The van der Waals surface area contributed by atoms with Crippen LogP contribution in [0.1, 0.15) is 48.9 Å². The van der Waals surface area contributed by atoms with Gasteiger partial charge in [0.05, 0.1) is 12.5 Å². The molecule has 0 radical (unpaired) electrons. The van der Waals surface area contributed by atoms with E-state index in [4.69, 9.17) is 4.74 Å². The molecule has 1 aromatic rings. The second kappa shape index (κ2) is 5.14. The van der Waals surface area contributed by atoms with Crippen molar-refractivity contribution in [3.8, 4) is 0 Å². The Balaban J connectivity index is 1.85. The summed E-state index contributed by atoms with van der Waals surface area (Å²) >= 11 is 0. The highest BCUT2D eigenvalue weighted by Gasteiger charge is 2.55. The van der Waals surface area contributed by atoms with Crippen LogP contribution in [0.25, 0.3) is 0 Å². The van der Waals surface area contributed by atoms with Crippen LogP contribution in [0.5, 0.6) is 0 Å². The Bertz CT molecular complexity index is 594. The van der Waals surface area contributed by atoms with E-state index in [9.17, 15) is 18.4 Å². The number of methoxy groups -OCH3 is 1. The van der Waals surface area contributed by atoms with Gasteiger partial charge in [-0.3, -0.25) is 9.59 Å². The third-order valence-electron chi connectivity index (χ3n) is 5.47. The molecule has 0 atom stereocenters. The van der Waals surface area contributed by atoms with E-state index in [0.29, 0.717) is 38.5 Å². The average molecular weight is 308 g/mol. The Labute approximate surface area is 127 Å². The number of ketones is 1. The van der Waals surface area contributed by atoms with Gasteiger partial charge in [0.1, 0.15) is 11.6 Å². The third-order valence-corrected chi connectivity index (χ3v) is 5.47. The fourth-order valence-corrected chi connectivity index (χ4v) is 4.04. The lowest BCUT2D eigenvalue weighted by atomic mass is 9.52. The number of halogens is 2. The van der Waals surface area contributed by atoms with Crippen molar-refractivity contribution in [1.82, 2.24) is 0 Å². The fraction of sp³-hybridized carbons (Fsp3) is 0.529. The van der Waals surface area contributed by atoms with Crippen LogP contribution in [0.4, 0.5) is 8.78 Å². The number of hydrogen-bond donors (Lipinski definition) is 0. The predicted octanol–water partition coefficient (Wildman–Crippen LogP) is 3.66. The molecule has 0 aromatic heterocycles. The van der Waals surface area contributed by atoms with E-state index >= 15 is 0 Å². The van der Waals surface area contributed by atoms with E-state index in [0.717, 1.165) is 18.2 Å². The standard InChI is InChI=1S/C17H18F2O3/c1-22-15(21)17-5-2-16(3-6-17,4-7-17)14(20)11-8-12(18)10-13(19)9-11/h8-10H,2-7H2,1H3. The lowest BCUT2D eigenvalue weighted by Crippen LogP contribution is -2.49. The zero-order chi connectivity index (χ0) is 16.0. The number of Topliss-reactive ketones (excluding diaryl/α,β-unsaturated/α-hetero) is 1.